The van der Waals surface area contributed by atoms with Crippen molar-refractivity contribution in [3.63, 3.8) is 0 Å². The van der Waals surface area contributed by atoms with Crippen molar-refractivity contribution < 1.29 is 9.72 Å². The van der Waals surface area contributed by atoms with E-state index in [1.807, 2.05) is 12.1 Å². The number of halogens is 2. The molecule has 5 nitrogen and oxygen atoms in total. The van der Waals surface area contributed by atoms with E-state index in [2.05, 4.69) is 27.9 Å². The van der Waals surface area contributed by atoms with Gasteiger partial charge in [0, 0.05) is 15.3 Å². The monoisotopic (exact) mass is 402 g/mol. The summed E-state index contributed by atoms with van der Waals surface area (Å²) in [5, 5.41) is 13.6. The number of hydrogen-bond acceptors (Lipinski definition) is 3. The van der Waals surface area contributed by atoms with Gasteiger partial charge in [0.05, 0.1) is 9.95 Å². The van der Waals surface area contributed by atoms with Gasteiger partial charge in [-0.2, -0.15) is 0 Å². The van der Waals surface area contributed by atoms with Gasteiger partial charge < -0.3 is 5.32 Å². The molecule has 0 bridgehead atoms. The molecule has 20 heavy (non-hydrogen) atoms. The predicted octanol–water partition coefficient (Wildman–Crippen LogP) is 4.11. The van der Waals surface area contributed by atoms with Crippen LogP contribution < -0.4 is 5.32 Å². The standard InChI is InChI=1S/C13H8ClIN2O3/c14-10-2-1-3-11(17(19)20)12(10)13(18)16-9-6-4-8(15)5-7-9/h1-7H,(H,16,18). The molecule has 0 unspecified atom stereocenters. The molecule has 0 aliphatic heterocycles. The molecule has 0 saturated carbocycles. The predicted molar refractivity (Wildman–Crippen MR) is 85.2 cm³/mol. The van der Waals surface area contributed by atoms with Crippen molar-refractivity contribution in [1.29, 1.82) is 0 Å². The highest BCUT2D eigenvalue weighted by molar-refractivity contribution is 14.1. The van der Waals surface area contributed by atoms with Crippen LogP contribution in [0.2, 0.25) is 5.02 Å². The van der Waals surface area contributed by atoms with E-state index >= 15 is 0 Å². The maximum atomic E-state index is 12.1. The Labute approximate surface area is 133 Å². The Morgan fingerprint density at radius 1 is 1.20 bits per heavy atom. The van der Waals surface area contributed by atoms with Gasteiger partial charge in [-0.1, -0.05) is 17.7 Å². The highest BCUT2D eigenvalue weighted by Gasteiger charge is 2.23. The molecule has 0 aromatic heterocycles. The average molecular weight is 403 g/mol. The Morgan fingerprint density at radius 2 is 1.85 bits per heavy atom. The smallest absolute Gasteiger partial charge is 0.283 e. The molecule has 0 aliphatic rings. The molecule has 1 amide bonds. The zero-order valence-electron chi connectivity index (χ0n) is 9.97. The van der Waals surface area contributed by atoms with E-state index in [1.54, 1.807) is 12.1 Å². The lowest BCUT2D eigenvalue weighted by Crippen LogP contribution is -2.14. The molecule has 0 fully saturated rings. The topological polar surface area (TPSA) is 72.2 Å². The number of carbonyl (C=O) groups is 1. The first-order chi connectivity index (χ1) is 9.49. The molecule has 2 aromatic rings. The molecule has 0 atom stereocenters. The van der Waals surface area contributed by atoms with Gasteiger partial charge in [0.25, 0.3) is 11.6 Å². The molecule has 7 heteroatoms. The summed E-state index contributed by atoms with van der Waals surface area (Å²) in [5.41, 5.74) is 0.0860. The van der Waals surface area contributed by atoms with Crippen LogP contribution in [-0.2, 0) is 0 Å². The largest absolute Gasteiger partial charge is 0.322 e. The van der Waals surface area contributed by atoms with Crippen LogP contribution in [0.4, 0.5) is 11.4 Å². The second kappa shape index (κ2) is 6.19. The third-order valence-corrected chi connectivity index (χ3v) is 3.55. The van der Waals surface area contributed by atoms with Crippen molar-refractivity contribution in [2.24, 2.45) is 0 Å². The first kappa shape index (κ1) is 14.7. The van der Waals surface area contributed by atoms with E-state index < -0.39 is 10.8 Å². The molecular weight excluding hydrogens is 395 g/mol. The number of carbonyl (C=O) groups excluding carboxylic acids is 1. The van der Waals surface area contributed by atoms with Gasteiger partial charge >= 0.3 is 0 Å². The molecule has 0 aliphatic carbocycles. The summed E-state index contributed by atoms with van der Waals surface area (Å²) >= 11 is 8.03. The quantitative estimate of drug-likeness (QED) is 0.477. The lowest BCUT2D eigenvalue weighted by molar-refractivity contribution is -0.385. The van der Waals surface area contributed by atoms with Gasteiger partial charge in [-0.25, -0.2) is 0 Å². The number of nitro benzene ring substituents is 1. The number of anilines is 1. The summed E-state index contributed by atoms with van der Waals surface area (Å²) in [6, 6.07) is 11.2. The Balaban J connectivity index is 2.34. The van der Waals surface area contributed by atoms with Crippen LogP contribution in [0.3, 0.4) is 0 Å². The minimum absolute atomic E-state index is 0.0437. The molecule has 0 radical (unpaired) electrons. The van der Waals surface area contributed by atoms with Crippen molar-refractivity contribution in [2.75, 3.05) is 5.32 Å². The fraction of sp³-hybridized carbons (Fsp3) is 0. The number of nitrogens with one attached hydrogen (secondary N) is 1. The van der Waals surface area contributed by atoms with Crippen molar-refractivity contribution in [3.8, 4) is 0 Å². The van der Waals surface area contributed by atoms with Crippen LogP contribution in [0.1, 0.15) is 10.4 Å². The van der Waals surface area contributed by atoms with Crippen LogP contribution in [0.5, 0.6) is 0 Å². The van der Waals surface area contributed by atoms with E-state index in [0.717, 1.165) is 3.57 Å². The van der Waals surface area contributed by atoms with Gasteiger partial charge in [0.15, 0.2) is 0 Å². The van der Waals surface area contributed by atoms with Crippen molar-refractivity contribution in [1.82, 2.24) is 0 Å². The number of amides is 1. The molecule has 102 valence electrons. The third-order valence-electron chi connectivity index (χ3n) is 2.52. The summed E-state index contributed by atoms with van der Waals surface area (Å²) in [4.78, 5) is 22.5. The van der Waals surface area contributed by atoms with E-state index in [-0.39, 0.29) is 16.3 Å². The second-order valence-corrected chi connectivity index (χ2v) is 5.50. The normalized spacial score (nSPS) is 10.1. The number of nitro groups is 1. The number of benzene rings is 2. The molecule has 0 heterocycles. The van der Waals surface area contributed by atoms with Gasteiger partial charge in [-0.15, -0.1) is 0 Å². The number of nitrogens with zero attached hydrogens (tertiary/aromatic N) is 1. The maximum Gasteiger partial charge on any atom is 0.283 e. The van der Waals surface area contributed by atoms with Crippen LogP contribution in [0.25, 0.3) is 0 Å². The van der Waals surface area contributed by atoms with Gasteiger partial charge in [-0.3, -0.25) is 14.9 Å². The minimum Gasteiger partial charge on any atom is -0.322 e. The molecule has 2 rings (SSSR count). The third kappa shape index (κ3) is 3.26. The van der Waals surface area contributed by atoms with Crippen LogP contribution in [-0.4, -0.2) is 10.8 Å². The van der Waals surface area contributed by atoms with Crippen molar-refractivity contribution in [3.05, 3.63) is 66.7 Å². The summed E-state index contributed by atoms with van der Waals surface area (Å²) in [5.74, 6) is -0.608. The molecule has 1 N–H and O–H groups in total. The fourth-order valence-corrected chi connectivity index (χ4v) is 2.23. The average Bonchev–Trinajstić information content (AvgIpc) is 2.40. The Hall–Kier alpha value is -1.67. The van der Waals surface area contributed by atoms with E-state index in [4.69, 9.17) is 11.6 Å². The van der Waals surface area contributed by atoms with Gasteiger partial charge in [0.1, 0.15) is 5.56 Å². The zero-order chi connectivity index (χ0) is 14.7. The van der Waals surface area contributed by atoms with E-state index in [9.17, 15) is 14.9 Å². The highest BCUT2D eigenvalue weighted by atomic mass is 127. The molecule has 0 saturated heterocycles. The number of rotatable bonds is 3. The second-order valence-electron chi connectivity index (χ2n) is 3.85. The Morgan fingerprint density at radius 3 is 2.45 bits per heavy atom. The lowest BCUT2D eigenvalue weighted by Gasteiger charge is -2.07. The summed E-state index contributed by atoms with van der Waals surface area (Å²) in [6.07, 6.45) is 0. The van der Waals surface area contributed by atoms with E-state index in [1.165, 1.54) is 18.2 Å². The number of hydrogen-bond donors (Lipinski definition) is 1. The fourth-order valence-electron chi connectivity index (χ4n) is 1.62. The highest BCUT2D eigenvalue weighted by Crippen LogP contribution is 2.27. The van der Waals surface area contributed by atoms with Gasteiger partial charge in [-0.05, 0) is 52.9 Å². The van der Waals surface area contributed by atoms with Crippen LogP contribution in [0, 0.1) is 13.7 Å². The maximum absolute atomic E-state index is 12.1. The molecular formula is C13H8ClIN2O3. The molecule has 2 aromatic carbocycles. The van der Waals surface area contributed by atoms with Crippen molar-refractivity contribution >= 4 is 51.5 Å². The zero-order valence-corrected chi connectivity index (χ0v) is 12.9. The summed E-state index contributed by atoms with van der Waals surface area (Å²) < 4.78 is 1.02. The molecule has 0 spiro atoms. The van der Waals surface area contributed by atoms with Crippen molar-refractivity contribution in [2.45, 2.75) is 0 Å². The first-order valence-electron chi connectivity index (χ1n) is 5.49. The minimum atomic E-state index is -0.630. The lowest BCUT2D eigenvalue weighted by atomic mass is 10.1. The first-order valence-corrected chi connectivity index (χ1v) is 6.94. The van der Waals surface area contributed by atoms with Crippen LogP contribution >= 0.6 is 34.2 Å². The van der Waals surface area contributed by atoms with Crippen LogP contribution in [0.15, 0.2) is 42.5 Å². The Bertz CT molecular complexity index is 674. The Kier molecular flexibility index (Phi) is 4.56. The van der Waals surface area contributed by atoms with Gasteiger partial charge in [0.2, 0.25) is 0 Å². The summed E-state index contributed by atoms with van der Waals surface area (Å²) in [6.45, 7) is 0. The van der Waals surface area contributed by atoms with E-state index in [0.29, 0.717) is 5.69 Å². The summed E-state index contributed by atoms with van der Waals surface area (Å²) in [7, 11) is 0. The SMILES string of the molecule is O=C(Nc1ccc(I)cc1)c1c(Cl)cccc1[N+](=O)[O-].